The highest BCUT2D eigenvalue weighted by atomic mass is 32.2. The fraction of sp³-hybridized carbons (Fsp3) is 0.579. The number of fused-ring (bicyclic) bond motifs is 1. The molecule has 2 aliphatic rings. The quantitative estimate of drug-likeness (QED) is 0.765. The van der Waals surface area contributed by atoms with E-state index in [4.69, 9.17) is 0 Å². The van der Waals surface area contributed by atoms with Crippen molar-refractivity contribution in [3.05, 3.63) is 24.3 Å². The van der Waals surface area contributed by atoms with Crippen LogP contribution in [-0.2, 0) is 9.59 Å². The zero-order valence-electron chi connectivity index (χ0n) is 14.8. The Morgan fingerprint density at radius 2 is 2.08 bits per heavy atom. The van der Waals surface area contributed by atoms with Gasteiger partial charge in [0.2, 0.25) is 11.8 Å². The molecule has 2 aliphatic heterocycles. The van der Waals surface area contributed by atoms with Crippen LogP contribution in [0.15, 0.2) is 29.2 Å². The first-order chi connectivity index (χ1) is 12.1. The van der Waals surface area contributed by atoms with Gasteiger partial charge in [-0.3, -0.25) is 9.59 Å². The number of para-hydroxylation sites is 1. The number of carbonyl (C=O) groups is 2. The lowest BCUT2D eigenvalue weighted by molar-refractivity contribution is -0.124. The Bertz CT molecular complexity index is 614. The molecular weight excluding hydrogens is 334 g/mol. The summed E-state index contributed by atoms with van der Waals surface area (Å²) in [6.07, 6.45) is 3.75. The first kappa shape index (κ1) is 18.3. The van der Waals surface area contributed by atoms with Crippen molar-refractivity contribution in [2.24, 2.45) is 5.92 Å². The number of thioether (sulfide) groups is 1. The molecule has 0 aliphatic carbocycles. The first-order valence-corrected chi connectivity index (χ1v) is 10.1. The average Bonchev–Trinajstić information content (AvgIpc) is 2.61. The lowest BCUT2D eigenvalue weighted by Crippen LogP contribution is -2.37. The van der Waals surface area contributed by atoms with Crippen LogP contribution >= 0.6 is 11.8 Å². The molecule has 0 spiro atoms. The molecule has 6 heteroatoms. The summed E-state index contributed by atoms with van der Waals surface area (Å²) in [5, 5.41) is 5.50. The molecule has 1 fully saturated rings. The molecule has 2 amide bonds. The molecular formula is C19H27N3O2S. The Hall–Kier alpha value is -1.53. The van der Waals surface area contributed by atoms with Gasteiger partial charge < -0.3 is 15.5 Å². The van der Waals surface area contributed by atoms with Gasteiger partial charge in [0.1, 0.15) is 0 Å². The highest BCUT2D eigenvalue weighted by molar-refractivity contribution is 8.01. The minimum Gasteiger partial charge on any atom is -0.356 e. The highest BCUT2D eigenvalue weighted by Gasteiger charge is 2.28. The van der Waals surface area contributed by atoms with Crippen molar-refractivity contribution in [1.29, 1.82) is 0 Å². The summed E-state index contributed by atoms with van der Waals surface area (Å²) in [6.45, 7) is 6.38. The molecule has 1 aromatic carbocycles. The Labute approximate surface area is 153 Å². The van der Waals surface area contributed by atoms with E-state index in [0.29, 0.717) is 6.54 Å². The molecule has 0 bridgehead atoms. The number of hydrogen-bond donors (Lipinski definition) is 2. The molecule has 25 heavy (non-hydrogen) atoms. The molecule has 0 aromatic heterocycles. The van der Waals surface area contributed by atoms with Crippen LogP contribution in [0.3, 0.4) is 0 Å². The van der Waals surface area contributed by atoms with Gasteiger partial charge in [-0.1, -0.05) is 19.1 Å². The van der Waals surface area contributed by atoms with Crippen LogP contribution in [0.4, 0.5) is 5.69 Å². The fourth-order valence-electron chi connectivity index (χ4n) is 3.28. The highest BCUT2D eigenvalue weighted by Crippen LogP contribution is 2.36. The summed E-state index contributed by atoms with van der Waals surface area (Å²) >= 11 is 1.47. The number of nitrogens with one attached hydrogen (secondary N) is 2. The summed E-state index contributed by atoms with van der Waals surface area (Å²) in [5.41, 5.74) is 0.838. The molecule has 3 rings (SSSR count). The minimum atomic E-state index is -0.349. The maximum absolute atomic E-state index is 12.1. The van der Waals surface area contributed by atoms with Crippen molar-refractivity contribution in [3.8, 4) is 0 Å². The van der Waals surface area contributed by atoms with Gasteiger partial charge in [-0.05, 0) is 56.9 Å². The van der Waals surface area contributed by atoms with Gasteiger partial charge >= 0.3 is 0 Å². The molecule has 2 heterocycles. The molecule has 0 radical (unpaired) electrons. The molecule has 2 N–H and O–H groups in total. The van der Waals surface area contributed by atoms with Crippen molar-refractivity contribution in [2.45, 2.75) is 42.8 Å². The van der Waals surface area contributed by atoms with Gasteiger partial charge in [0.25, 0.3) is 0 Å². The Morgan fingerprint density at radius 1 is 1.32 bits per heavy atom. The van der Waals surface area contributed by atoms with E-state index in [-0.39, 0.29) is 23.5 Å². The van der Waals surface area contributed by atoms with Crippen LogP contribution in [-0.4, -0.2) is 48.1 Å². The Morgan fingerprint density at radius 3 is 2.88 bits per heavy atom. The second-order valence-corrected chi connectivity index (χ2v) is 8.27. The van der Waals surface area contributed by atoms with E-state index in [1.165, 1.54) is 37.7 Å². The second-order valence-electron chi connectivity index (χ2n) is 7.02. The molecule has 1 aromatic rings. The van der Waals surface area contributed by atoms with Crippen LogP contribution < -0.4 is 10.6 Å². The molecule has 1 atom stereocenters. The van der Waals surface area contributed by atoms with Crippen molar-refractivity contribution >= 4 is 29.3 Å². The summed E-state index contributed by atoms with van der Waals surface area (Å²) in [5.74, 6) is 0.723. The minimum absolute atomic E-state index is 0.0423. The molecule has 1 unspecified atom stereocenters. The number of rotatable bonds is 6. The van der Waals surface area contributed by atoms with Gasteiger partial charge in [0.05, 0.1) is 10.9 Å². The van der Waals surface area contributed by atoms with E-state index in [1.807, 2.05) is 24.3 Å². The van der Waals surface area contributed by atoms with E-state index in [9.17, 15) is 9.59 Å². The number of amides is 2. The second kappa shape index (κ2) is 8.72. The smallest absolute Gasteiger partial charge is 0.238 e. The standard InChI is InChI=1S/C19H27N3O2S/c1-14-7-11-22(12-8-14)10-4-9-20-18(23)13-17-19(24)21-15-5-2-3-6-16(15)25-17/h2-3,5-6,14,17H,4,7-13H2,1H3,(H,20,23)(H,21,24). The summed E-state index contributed by atoms with van der Waals surface area (Å²) < 4.78 is 0. The molecule has 136 valence electrons. The summed E-state index contributed by atoms with van der Waals surface area (Å²) in [7, 11) is 0. The summed E-state index contributed by atoms with van der Waals surface area (Å²) in [4.78, 5) is 27.8. The zero-order chi connectivity index (χ0) is 17.6. The third-order valence-corrected chi connectivity index (χ3v) is 6.20. The van der Waals surface area contributed by atoms with Crippen LogP contribution in [0, 0.1) is 5.92 Å². The number of piperidine rings is 1. The van der Waals surface area contributed by atoms with Crippen molar-refractivity contribution < 1.29 is 9.59 Å². The van der Waals surface area contributed by atoms with E-state index in [2.05, 4.69) is 22.5 Å². The van der Waals surface area contributed by atoms with Gasteiger partial charge in [-0.25, -0.2) is 0 Å². The van der Waals surface area contributed by atoms with E-state index < -0.39 is 0 Å². The third-order valence-electron chi connectivity index (χ3n) is 4.93. The van der Waals surface area contributed by atoms with Crippen molar-refractivity contribution in [3.63, 3.8) is 0 Å². The molecule has 0 saturated carbocycles. The zero-order valence-corrected chi connectivity index (χ0v) is 15.6. The number of nitrogens with zero attached hydrogens (tertiary/aromatic N) is 1. The van der Waals surface area contributed by atoms with Gasteiger partial charge in [0, 0.05) is 17.9 Å². The maximum Gasteiger partial charge on any atom is 0.238 e. The molecule has 1 saturated heterocycles. The Kier molecular flexibility index (Phi) is 6.37. The first-order valence-electron chi connectivity index (χ1n) is 9.17. The summed E-state index contributed by atoms with van der Waals surface area (Å²) in [6, 6.07) is 7.71. The number of benzene rings is 1. The van der Waals surface area contributed by atoms with E-state index >= 15 is 0 Å². The van der Waals surface area contributed by atoms with Gasteiger partial charge in [-0.2, -0.15) is 0 Å². The lowest BCUT2D eigenvalue weighted by atomic mass is 9.99. The van der Waals surface area contributed by atoms with Crippen molar-refractivity contribution in [1.82, 2.24) is 10.2 Å². The topological polar surface area (TPSA) is 61.4 Å². The van der Waals surface area contributed by atoms with E-state index in [0.717, 1.165) is 29.5 Å². The predicted molar refractivity (Wildman–Crippen MR) is 102 cm³/mol. The Balaban J connectivity index is 1.36. The largest absolute Gasteiger partial charge is 0.356 e. The normalized spacial score (nSPS) is 21.5. The number of hydrogen-bond acceptors (Lipinski definition) is 4. The lowest BCUT2D eigenvalue weighted by Gasteiger charge is -2.30. The maximum atomic E-state index is 12.1. The molecule has 5 nitrogen and oxygen atoms in total. The third kappa shape index (κ3) is 5.22. The fourth-order valence-corrected chi connectivity index (χ4v) is 4.39. The van der Waals surface area contributed by atoms with Gasteiger partial charge in [-0.15, -0.1) is 11.8 Å². The predicted octanol–water partition coefficient (Wildman–Crippen LogP) is 2.73. The number of likely N-dealkylation sites (tertiary alicyclic amines) is 1. The van der Waals surface area contributed by atoms with Crippen LogP contribution in [0.25, 0.3) is 0 Å². The number of anilines is 1. The SMILES string of the molecule is CC1CCN(CCCNC(=O)CC2Sc3ccccc3NC2=O)CC1. The number of carbonyl (C=O) groups excluding carboxylic acids is 2. The van der Waals surface area contributed by atoms with Crippen molar-refractivity contribution in [2.75, 3.05) is 31.5 Å². The van der Waals surface area contributed by atoms with Crippen LogP contribution in [0.2, 0.25) is 0 Å². The average molecular weight is 362 g/mol. The van der Waals surface area contributed by atoms with Crippen LogP contribution in [0.1, 0.15) is 32.6 Å². The van der Waals surface area contributed by atoms with Crippen LogP contribution in [0.5, 0.6) is 0 Å². The monoisotopic (exact) mass is 361 g/mol. The van der Waals surface area contributed by atoms with Gasteiger partial charge in [0.15, 0.2) is 0 Å². The van der Waals surface area contributed by atoms with E-state index in [1.54, 1.807) is 0 Å².